The average Bonchev–Trinajstić information content (AvgIpc) is 2.72. The number of carbonyl (C=O) groups is 1. The minimum absolute atomic E-state index is 0. The standard InChI is InChI=1S/C20H24N2O3S.ClH/c1-24-15-6-5-7-16(12-15)26-14-20(23)22-11-10-21-13-18(22)17-8-3-4-9-19(17)25-2;/h3-9,12,18,21H,10-11,13-14H2,1-2H3;1H. The van der Waals surface area contributed by atoms with Crippen molar-refractivity contribution in [1.82, 2.24) is 10.2 Å². The number of piperazine rings is 1. The van der Waals surface area contributed by atoms with Gasteiger partial charge in [-0.15, -0.1) is 24.2 Å². The van der Waals surface area contributed by atoms with Crippen LogP contribution in [-0.2, 0) is 4.79 Å². The Hall–Kier alpha value is -1.89. The predicted molar refractivity (Wildman–Crippen MR) is 111 cm³/mol. The number of halogens is 1. The fraction of sp³-hybridized carbons (Fsp3) is 0.350. The molecule has 1 aliphatic rings. The van der Waals surface area contributed by atoms with Crippen molar-refractivity contribution >= 4 is 30.1 Å². The predicted octanol–water partition coefficient (Wildman–Crippen LogP) is 3.39. The van der Waals surface area contributed by atoms with Crippen molar-refractivity contribution in [3.8, 4) is 11.5 Å². The normalized spacial score (nSPS) is 16.4. The van der Waals surface area contributed by atoms with Gasteiger partial charge in [-0.05, 0) is 24.3 Å². The Bertz CT molecular complexity index is 760. The van der Waals surface area contributed by atoms with E-state index in [-0.39, 0.29) is 24.4 Å². The van der Waals surface area contributed by atoms with E-state index in [0.717, 1.165) is 35.0 Å². The Kier molecular flexibility index (Phi) is 8.28. The van der Waals surface area contributed by atoms with Crippen LogP contribution in [0.5, 0.6) is 11.5 Å². The van der Waals surface area contributed by atoms with E-state index in [1.54, 1.807) is 14.2 Å². The number of nitrogens with zero attached hydrogens (tertiary/aromatic N) is 1. The van der Waals surface area contributed by atoms with Gasteiger partial charge in [0.2, 0.25) is 5.91 Å². The summed E-state index contributed by atoms with van der Waals surface area (Å²) in [5, 5.41) is 3.39. The van der Waals surface area contributed by atoms with Crippen LogP contribution in [0.25, 0.3) is 0 Å². The van der Waals surface area contributed by atoms with Gasteiger partial charge >= 0.3 is 0 Å². The molecule has 0 aromatic heterocycles. The van der Waals surface area contributed by atoms with Crippen LogP contribution in [0.3, 0.4) is 0 Å². The molecule has 27 heavy (non-hydrogen) atoms. The number of hydrogen-bond donors (Lipinski definition) is 1. The molecule has 1 amide bonds. The van der Waals surface area contributed by atoms with Gasteiger partial charge in [0, 0.05) is 30.1 Å². The van der Waals surface area contributed by atoms with Crippen molar-refractivity contribution in [2.45, 2.75) is 10.9 Å². The summed E-state index contributed by atoms with van der Waals surface area (Å²) in [6.45, 7) is 2.23. The van der Waals surface area contributed by atoms with E-state index in [4.69, 9.17) is 9.47 Å². The molecule has 146 valence electrons. The van der Waals surface area contributed by atoms with Gasteiger partial charge in [0.1, 0.15) is 11.5 Å². The van der Waals surface area contributed by atoms with Gasteiger partial charge in [0.05, 0.1) is 26.0 Å². The number of para-hydroxylation sites is 1. The molecule has 0 radical (unpaired) electrons. The lowest BCUT2D eigenvalue weighted by Gasteiger charge is -2.37. The van der Waals surface area contributed by atoms with E-state index in [2.05, 4.69) is 5.32 Å². The summed E-state index contributed by atoms with van der Waals surface area (Å²) in [6.07, 6.45) is 0. The molecule has 0 saturated carbocycles. The molecule has 1 unspecified atom stereocenters. The number of nitrogens with one attached hydrogen (secondary N) is 1. The van der Waals surface area contributed by atoms with Gasteiger partial charge in [0.25, 0.3) is 0 Å². The lowest BCUT2D eigenvalue weighted by Crippen LogP contribution is -2.49. The first-order valence-corrected chi connectivity index (χ1v) is 9.61. The molecule has 1 heterocycles. The molecule has 1 saturated heterocycles. The summed E-state index contributed by atoms with van der Waals surface area (Å²) in [6, 6.07) is 15.7. The monoisotopic (exact) mass is 408 g/mol. The molecule has 1 N–H and O–H groups in total. The lowest BCUT2D eigenvalue weighted by molar-refractivity contribution is -0.131. The van der Waals surface area contributed by atoms with Crippen LogP contribution in [0.4, 0.5) is 0 Å². The van der Waals surface area contributed by atoms with E-state index in [9.17, 15) is 4.79 Å². The number of thioether (sulfide) groups is 1. The first-order valence-electron chi connectivity index (χ1n) is 8.63. The quantitative estimate of drug-likeness (QED) is 0.742. The summed E-state index contributed by atoms with van der Waals surface area (Å²) >= 11 is 1.54. The maximum absolute atomic E-state index is 12.9. The zero-order valence-electron chi connectivity index (χ0n) is 15.5. The summed E-state index contributed by atoms with van der Waals surface area (Å²) in [4.78, 5) is 15.9. The Labute approximate surface area is 170 Å². The highest BCUT2D eigenvalue weighted by Gasteiger charge is 2.29. The van der Waals surface area contributed by atoms with Crippen LogP contribution in [0.1, 0.15) is 11.6 Å². The van der Waals surface area contributed by atoms with Crippen LogP contribution in [0.15, 0.2) is 53.4 Å². The van der Waals surface area contributed by atoms with E-state index >= 15 is 0 Å². The van der Waals surface area contributed by atoms with Crippen molar-refractivity contribution in [1.29, 1.82) is 0 Å². The molecule has 3 rings (SSSR count). The Morgan fingerprint density at radius 3 is 2.78 bits per heavy atom. The molecule has 7 heteroatoms. The number of hydrogen-bond acceptors (Lipinski definition) is 5. The van der Waals surface area contributed by atoms with Crippen molar-refractivity contribution in [3.05, 3.63) is 54.1 Å². The van der Waals surface area contributed by atoms with Gasteiger partial charge in [-0.1, -0.05) is 24.3 Å². The van der Waals surface area contributed by atoms with E-state index in [1.165, 1.54) is 11.8 Å². The van der Waals surface area contributed by atoms with Gasteiger partial charge in [-0.2, -0.15) is 0 Å². The first-order chi connectivity index (χ1) is 12.7. The largest absolute Gasteiger partial charge is 0.497 e. The fourth-order valence-corrected chi connectivity index (χ4v) is 3.97. The number of benzene rings is 2. The molecule has 2 aromatic carbocycles. The van der Waals surface area contributed by atoms with Crippen molar-refractivity contribution in [3.63, 3.8) is 0 Å². The van der Waals surface area contributed by atoms with E-state index < -0.39 is 0 Å². The van der Waals surface area contributed by atoms with E-state index in [1.807, 2.05) is 53.4 Å². The summed E-state index contributed by atoms with van der Waals surface area (Å²) in [5.41, 5.74) is 1.04. The molecule has 2 aromatic rings. The molecule has 0 spiro atoms. The lowest BCUT2D eigenvalue weighted by atomic mass is 10.0. The van der Waals surface area contributed by atoms with E-state index in [0.29, 0.717) is 12.3 Å². The second-order valence-corrected chi connectivity index (χ2v) is 7.07. The molecular weight excluding hydrogens is 384 g/mol. The van der Waals surface area contributed by atoms with Crippen LogP contribution in [0, 0.1) is 0 Å². The highest BCUT2D eigenvalue weighted by molar-refractivity contribution is 8.00. The third-order valence-corrected chi connectivity index (χ3v) is 5.44. The van der Waals surface area contributed by atoms with Crippen LogP contribution >= 0.6 is 24.2 Å². The van der Waals surface area contributed by atoms with Crippen molar-refractivity contribution in [2.75, 3.05) is 39.6 Å². The molecule has 1 atom stereocenters. The summed E-state index contributed by atoms with van der Waals surface area (Å²) < 4.78 is 10.7. The van der Waals surface area contributed by atoms with Crippen LogP contribution in [0.2, 0.25) is 0 Å². The second kappa shape index (κ2) is 10.4. The highest BCUT2D eigenvalue weighted by Crippen LogP contribution is 2.31. The van der Waals surface area contributed by atoms with Crippen molar-refractivity contribution < 1.29 is 14.3 Å². The maximum Gasteiger partial charge on any atom is 0.233 e. The molecule has 1 fully saturated rings. The minimum Gasteiger partial charge on any atom is -0.497 e. The molecule has 0 bridgehead atoms. The second-order valence-electron chi connectivity index (χ2n) is 6.02. The average molecular weight is 409 g/mol. The van der Waals surface area contributed by atoms with Crippen LogP contribution < -0.4 is 14.8 Å². The zero-order valence-corrected chi connectivity index (χ0v) is 17.1. The number of methoxy groups -OCH3 is 2. The Morgan fingerprint density at radius 2 is 2.00 bits per heavy atom. The highest BCUT2D eigenvalue weighted by atomic mass is 35.5. The number of rotatable bonds is 6. The van der Waals surface area contributed by atoms with Crippen LogP contribution in [-0.4, -0.2) is 50.4 Å². The van der Waals surface area contributed by atoms with Gasteiger partial charge in [-0.3, -0.25) is 4.79 Å². The van der Waals surface area contributed by atoms with Gasteiger partial charge < -0.3 is 19.7 Å². The van der Waals surface area contributed by atoms with Gasteiger partial charge in [-0.25, -0.2) is 0 Å². The SMILES string of the molecule is COc1cccc(SCC(=O)N2CCNCC2c2ccccc2OC)c1.Cl. The van der Waals surface area contributed by atoms with Crippen molar-refractivity contribution in [2.24, 2.45) is 0 Å². The number of amides is 1. The summed E-state index contributed by atoms with van der Waals surface area (Å²) in [7, 11) is 3.31. The smallest absolute Gasteiger partial charge is 0.233 e. The third-order valence-electron chi connectivity index (χ3n) is 4.47. The number of ether oxygens (including phenoxy) is 2. The van der Waals surface area contributed by atoms with Gasteiger partial charge in [0.15, 0.2) is 0 Å². The molecular formula is C20H25ClN2O3S. The zero-order chi connectivity index (χ0) is 18.4. The topological polar surface area (TPSA) is 50.8 Å². The fourth-order valence-electron chi connectivity index (χ4n) is 3.14. The Morgan fingerprint density at radius 1 is 1.19 bits per heavy atom. The summed E-state index contributed by atoms with van der Waals surface area (Å²) in [5.74, 6) is 2.16. The minimum atomic E-state index is -0.0155. The Balaban J connectivity index is 0.00000261. The molecule has 5 nitrogen and oxygen atoms in total. The third kappa shape index (κ3) is 5.31. The number of carbonyl (C=O) groups excluding carboxylic acids is 1. The first kappa shape index (κ1) is 21.4. The molecule has 1 aliphatic heterocycles. The molecule has 0 aliphatic carbocycles. The maximum atomic E-state index is 12.9.